The minimum atomic E-state index is -4.78. The van der Waals surface area contributed by atoms with E-state index in [0.717, 1.165) is 54.0 Å². The van der Waals surface area contributed by atoms with Crippen molar-refractivity contribution in [1.29, 1.82) is 0 Å². The summed E-state index contributed by atoms with van der Waals surface area (Å²) in [6.45, 7) is 5.55. The first-order valence-corrected chi connectivity index (χ1v) is 12.1. The molecule has 1 saturated heterocycles. The molecule has 1 aliphatic heterocycles. The maximum atomic E-state index is 13.9. The largest absolute Gasteiger partial charge is 0.493 e. The first-order chi connectivity index (χ1) is 16.8. The highest BCUT2D eigenvalue weighted by Crippen LogP contribution is 2.41. The fourth-order valence-electron chi connectivity index (χ4n) is 4.41. The van der Waals surface area contributed by atoms with Crippen LogP contribution in [-0.2, 0) is 20.5 Å². The van der Waals surface area contributed by atoms with Gasteiger partial charge in [-0.3, -0.25) is 9.69 Å². The van der Waals surface area contributed by atoms with Gasteiger partial charge in [-0.1, -0.05) is 39.0 Å². The van der Waals surface area contributed by atoms with Crippen LogP contribution >= 0.6 is 0 Å². The Labute approximate surface area is 209 Å². The summed E-state index contributed by atoms with van der Waals surface area (Å²) in [5.74, 6) is -1.25. The zero-order valence-electron chi connectivity index (χ0n) is 21.2. The lowest BCUT2D eigenvalue weighted by molar-refractivity contribution is -0.139. The van der Waals surface area contributed by atoms with Crippen molar-refractivity contribution in [3.8, 4) is 5.75 Å². The van der Waals surface area contributed by atoms with E-state index in [2.05, 4.69) is 6.92 Å². The van der Waals surface area contributed by atoms with Gasteiger partial charge in [-0.05, 0) is 45.4 Å². The number of unbranched alkanes of at least 4 members (excludes halogenated alkanes) is 5. The Bertz CT molecular complexity index is 937. The average molecular weight is 517 g/mol. The summed E-state index contributed by atoms with van der Waals surface area (Å²) in [5, 5.41) is 9.71. The summed E-state index contributed by atoms with van der Waals surface area (Å²) in [6, 6.07) is 3.11. The van der Waals surface area contributed by atoms with Crippen molar-refractivity contribution < 1.29 is 42.1 Å². The summed E-state index contributed by atoms with van der Waals surface area (Å²) >= 11 is 0. The number of anilines is 1. The van der Waals surface area contributed by atoms with Gasteiger partial charge >= 0.3 is 12.3 Å². The van der Waals surface area contributed by atoms with Gasteiger partial charge in [-0.2, -0.15) is 13.2 Å². The number of hydrogen-bond acceptors (Lipinski definition) is 5. The summed E-state index contributed by atoms with van der Waals surface area (Å²) in [5.41, 5.74) is -4.40. The Hall–Kier alpha value is -2.82. The van der Waals surface area contributed by atoms with Crippen molar-refractivity contribution >= 4 is 24.0 Å². The number of hydrogen-bond donors (Lipinski definition) is 1. The number of aldehydes is 1. The molecule has 1 aromatic carbocycles. The fourth-order valence-corrected chi connectivity index (χ4v) is 4.41. The number of rotatable bonds is 12. The van der Waals surface area contributed by atoms with Crippen molar-refractivity contribution in [3.63, 3.8) is 0 Å². The van der Waals surface area contributed by atoms with Crippen molar-refractivity contribution in [1.82, 2.24) is 4.90 Å². The third-order valence-electron chi connectivity index (χ3n) is 6.23. The molecule has 202 valence electrons. The molecule has 0 saturated carbocycles. The zero-order chi connectivity index (χ0) is 27.1. The van der Waals surface area contributed by atoms with Crippen LogP contribution in [0.15, 0.2) is 18.2 Å². The van der Waals surface area contributed by atoms with Gasteiger partial charge in [-0.15, -0.1) is 0 Å². The quantitative estimate of drug-likeness (QED) is 0.292. The Balaban J connectivity index is 2.32. The lowest BCUT2D eigenvalue weighted by Gasteiger charge is -2.39. The molecule has 0 aromatic heterocycles. The van der Waals surface area contributed by atoms with Crippen LogP contribution in [0.5, 0.6) is 5.75 Å². The molecule has 1 unspecified atom stereocenters. The molecule has 0 spiro atoms. The van der Waals surface area contributed by atoms with Crippen LogP contribution in [0, 0.1) is 0 Å². The maximum absolute atomic E-state index is 13.9. The van der Waals surface area contributed by atoms with Crippen molar-refractivity contribution in [2.24, 2.45) is 0 Å². The SMILES string of the molecule is CCCCCCCCOc1ccc(N(CC=O)C(=O)C2(C)COC(C)(C)N2C(=O)O)cc1C(F)(F)F. The van der Waals surface area contributed by atoms with Crippen LogP contribution in [0.2, 0.25) is 0 Å². The topological polar surface area (TPSA) is 96.4 Å². The van der Waals surface area contributed by atoms with Crippen molar-refractivity contribution in [2.45, 2.75) is 83.7 Å². The van der Waals surface area contributed by atoms with E-state index >= 15 is 0 Å². The number of halogens is 3. The standard InChI is InChI=1S/C25H35F3N2O6/c1-5-6-7-8-9-10-15-35-20-12-11-18(16-19(20)25(26,27)28)29(13-14-31)21(32)24(4)17-36-23(2,3)30(24)22(33)34/h11-12,14,16H,5-10,13,15,17H2,1-4H3,(H,33,34). The van der Waals surface area contributed by atoms with Gasteiger partial charge in [0.2, 0.25) is 0 Å². The van der Waals surface area contributed by atoms with Gasteiger partial charge in [0.05, 0.1) is 25.3 Å². The molecule has 1 atom stereocenters. The molecule has 1 aromatic rings. The number of benzene rings is 1. The minimum Gasteiger partial charge on any atom is -0.493 e. The summed E-state index contributed by atoms with van der Waals surface area (Å²) in [7, 11) is 0. The Morgan fingerprint density at radius 3 is 2.39 bits per heavy atom. The van der Waals surface area contributed by atoms with Gasteiger partial charge in [0, 0.05) is 5.69 Å². The predicted octanol–water partition coefficient (Wildman–Crippen LogP) is 5.48. The van der Waals surface area contributed by atoms with Crippen molar-refractivity contribution in [2.75, 3.05) is 24.7 Å². The number of amides is 2. The number of ether oxygens (including phenoxy) is 2. The van der Waals surface area contributed by atoms with E-state index in [1.807, 2.05) is 0 Å². The minimum absolute atomic E-state index is 0.115. The monoisotopic (exact) mass is 516 g/mol. The molecule has 1 aliphatic rings. The number of carboxylic acid groups (broad SMARTS) is 1. The number of alkyl halides is 3. The van der Waals surface area contributed by atoms with Crippen LogP contribution in [0.3, 0.4) is 0 Å². The zero-order valence-corrected chi connectivity index (χ0v) is 21.2. The Morgan fingerprint density at radius 1 is 1.17 bits per heavy atom. The summed E-state index contributed by atoms with van der Waals surface area (Å²) < 4.78 is 52.6. The number of nitrogens with zero attached hydrogens (tertiary/aromatic N) is 2. The van der Waals surface area contributed by atoms with E-state index in [1.54, 1.807) is 0 Å². The van der Waals surface area contributed by atoms with Crippen LogP contribution in [0.1, 0.15) is 71.8 Å². The molecule has 1 N–H and O–H groups in total. The summed E-state index contributed by atoms with van der Waals surface area (Å²) in [4.78, 5) is 38.4. The van der Waals surface area contributed by atoms with Gasteiger partial charge in [0.1, 0.15) is 23.3 Å². The smallest absolute Gasteiger partial charge is 0.420 e. The van der Waals surface area contributed by atoms with Gasteiger partial charge in [-0.25, -0.2) is 4.79 Å². The molecular formula is C25H35F3N2O6. The van der Waals surface area contributed by atoms with Gasteiger partial charge in [0.15, 0.2) is 0 Å². The molecule has 8 nitrogen and oxygen atoms in total. The van der Waals surface area contributed by atoms with Crippen molar-refractivity contribution in [3.05, 3.63) is 23.8 Å². The highest BCUT2D eigenvalue weighted by atomic mass is 19.4. The van der Waals surface area contributed by atoms with Crippen LogP contribution in [0.25, 0.3) is 0 Å². The molecule has 36 heavy (non-hydrogen) atoms. The fraction of sp³-hybridized carbons (Fsp3) is 0.640. The number of carbonyl (C=O) groups excluding carboxylic acids is 2. The maximum Gasteiger partial charge on any atom is 0.420 e. The van der Waals surface area contributed by atoms with E-state index in [-0.39, 0.29) is 24.7 Å². The first-order valence-electron chi connectivity index (χ1n) is 12.1. The molecule has 2 rings (SSSR count). The van der Waals surface area contributed by atoms with E-state index in [1.165, 1.54) is 26.8 Å². The summed E-state index contributed by atoms with van der Waals surface area (Å²) in [6.07, 6.45) is -0.133. The molecule has 11 heteroatoms. The molecule has 0 radical (unpaired) electrons. The highest BCUT2D eigenvalue weighted by molar-refractivity contribution is 6.03. The molecule has 1 heterocycles. The third-order valence-corrected chi connectivity index (χ3v) is 6.23. The van der Waals surface area contributed by atoms with Crippen LogP contribution < -0.4 is 9.64 Å². The van der Waals surface area contributed by atoms with Gasteiger partial charge < -0.3 is 24.3 Å². The van der Waals surface area contributed by atoms with E-state index in [0.29, 0.717) is 12.7 Å². The number of carbonyl (C=O) groups is 3. The lowest BCUT2D eigenvalue weighted by Crippen LogP contribution is -2.62. The third kappa shape index (κ3) is 6.68. The van der Waals surface area contributed by atoms with E-state index < -0.39 is 41.5 Å². The van der Waals surface area contributed by atoms with Gasteiger partial charge in [0.25, 0.3) is 5.91 Å². The second kappa shape index (κ2) is 11.9. The second-order valence-electron chi connectivity index (χ2n) is 9.50. The van der Waals surface area contributed by atoms with E-state index in [9.17, 15) is 32.7 Å². The average Bonchev–Trinajstić information content (AvgIpc) is 3.05. The molecule has 0 bridgehead atoms. The molecular weight excluding hydrogens is 481 g/mol. The predicted molar refractivity (Wildman–Crippen MR) is 127 cm³/mol. The first kappa shape index (κ1) is 29.4. The normalized spacial score (nSPS) is 19.2. The van der Waals surface area contributed by atoms with Crippen LogP contribution in [0.4, 0.5) is 23.7 Å². The van der Waals surface area contributed by atoms with Crippen LogP contribution in [-0.4, -0.2) is 59.3 Å². The second-order valence-corrected chi connectivity index (χ2v) is 9.50. The Kier molecular flexibility index (Phi) is 9.76. The molecule has 1 fully saturated rings. The Morgan fingerprint density at radius 2 is 1.81 bits per heavy atom. The van der Waals surface area contributed by atoms with E-state index in [4.69, 9.17) is 9.47 Å². The molecule has 0 aliphatic carbocycles. The molecule has 2 amide bonds. The lowest BCUT2D eigenvalue weighted by atomic mass is 9.98. The highest BCUT2D eigenvalue weighted by Gasteiger charge is 2.57.